The molecule has 0 bridgehead atoms. The van der Waals surface area contributed by atoms with Crippen LogP contribution in [0.15, 0.2) is 42.6 Å². The summed E-state index contributed by atoms with van der Waals surface area (Å²) >= 11 is 0. The Morgan fingerprint density at radius 2 is 1.65 bits per heavy atom. The summed E-state index contributed by atoms with van der Waals surface area (Å²) in [6.07, 6.45) is -5.74. The second kappa shape index (κ2) is 12.8. The van der Waals surface area contributed by atoms with Crippen molar-refractivity contribution in [3.8, 4) is 11.1 Å². The van der Waals surface area contributed by atoms with Gasteiger partial charge in [-0.25, -0.2) is 40.7 Å². The van der Waals surface area contributed by atoms with Gasteiger partial charge in [0.2, 0.25) is 11.9 Å². The van der Waals surface area contributed by atoms with E-state index >= 15 is 0 Å². The first-order valence-corrected chi connectivity index (χ1v) is 14.0. The number of nitrogens with one attached hydrogen (secondary N) is 2. The van der Waals surface area contributed by atoms with Crippen LogP contribution in [0.25, 0.3) is 11.1 Å². The number of carbonyl (C=O) groups excluding carboxylic acids is 2. The lowest BCUT2D eigenvalue weighted by atomic mass is 9.89. The zero-order valence-electron chi connectivity index (χ0n) is 24.6. The minimum absolute atomic E-state index is 0.0429. The van der Waals surface area contributed by atoms with E-state index in [1.165, 1.54) is 19.3 Å². The number of halogens is 9. The normalized spacial score (nSPS) is 15.6. The van der Waals surface area contributed by atoms with E-state index in [-0.39, 0.29) is 33.0 Å². The van der Waals surface area contributed by atoms with Crippen molar-refractivity contribution in [3.63, 3.8) is 0 Å². The largest absolute Gasteiger partial charge is 0.366 e. The van der Waals surface area contributed by atoms with Gasteiger partial charge in [0.05, 0.1) is 22.9 Å². The highest BCUT2D eigenvalue weighted by Gasteiger charge is 2.55. The average Bonchev–Trinajstić information content (AvgIpc) is 3.40. The summed E-state index contributed by atoms with van der Waals surface area (Å²) in [7, 11) is 1.43. The molecule has 0 fully saturated rings. The van der Waals surface area contributed by atoms with Gasteiger partial charge in [0, 0.05) is 37.7 Å². The van der Waals surface area contributed by atoms with Crippen molar-refractivity contribution >= 4 is 17.8 Å². The molecule has 1 atom stereocenters. The smallest absolute Gasteiger partial charge is 0.290 e. The number of anilines is 1. The van der Waals surface area contributed by atoms with Crippen molar-refractivity contribution < 1.29 is 49.1 Å². The molecule has 0 spiro atoms. The van der Waals surface area contributed by atoms with Gasteiger partial charge in [-0.1, -0.05) is 6.07 Å². The summed E-state index contributed by atoms with van der Waals surface area (Å²) in [5.41, 5.74) is -0.0801. The topological polar surface area (TPSA) is 128 Å². The molecule has 0 saturated carbocycles. The number of primary amides is 1. The number of hydrogen-bond acceptors (Lipinski definition) is 6. The number of nitrogens with zero attached hydrogens (tertiary/aromatic N) is 4. The maximum absolute atomic E-state index is 14.9. The van der Waals surface area contributed by atoms with Crippen molar-refractivity contribution in [1.82, 2.24) is 25.1 Å². The molecule has 18 heteroatoms. The number of aromatic nitrogens is 4. The summed E-state index contributed by atoms with van der Waals surface area (Å²) in [4.78, 5) is 33.7. The molecule has 0 radical (unpaired) electrons. The molecule has 2 amide bonds. The number of fused-ring (bicyclic) bond motifs is 1. The molecule has 0 saturated heterocycles. The van der Waals surface area contributed by atoms with Gasteiger partial charge in [0.15, 0.2) is 0 Å². The maximum atomic E-state index is 14.9. The maximum Gasteiger partial charge on any atom is 0.290 e. The second-order valence-corrected chi connectivity index (χ2v) is 10.9. The first-order valence-electron chi connectivity index (χ1n) is 14.0. The third kappa shape index (κ3) is 6.77. The number of nitrogens with two attached hydrogens (primary N) is 1. The van der Waals surface area contributed by atoms with Crippen LogP contribution in [0, 0.1) is 17.5 Å². The van der Waals surface area contributed by atoms with Crippen molar-refractivity contribution in [2.24, 2.45) is 5.73 Å². The number of hydrogen-bond donors (Lipinski definition) is 3. The van der Waals surface area contributed by atoms with Crippen LogP contribution >= 0.6 is 0 Å². The highest BCUT2D eigenvalue weighted by atomic mass is 19.3. The summed E-state index contributed by atoms with van der Waals surface area (Å²) in [6, 6.07) is 4.19. The molecule has 2 aromatic heterocycles. The van der Waals surface area contributed by atoms with E-state index in [4.69, 9.17) is 5.73 Å². The molecule has 5 rings (SSSR count). The third-order valence-electron chi connectivity index (χ3n) is 7.56. The lowest BCUT2D eigenvalue weighted by Crippen LogP contribution is -2.37. The fraction of sp³-hybridized carbons (Fsp3) is 0.300. The van der Waals surface area contributed by atoms with Crippen molar-refractivity contribution in [2.45, 2.75) is 50.1 Å². The van der Waals surface area contributed by atoms with E-state index in [0.717, 1.165) is 24.3 Å². The lowest BCUT2D eigenvalue weighted by molar-refractivity contribution is -0.123. The number of rotatable bonds is 10. The summed E-state index contributed by atoms with van der Waals surface area (Å²) < 4.78 is 129. The minimum Gasteiger partial charge on any atom is -0.366 e. The van der Waals surface area contributed by atoms with Crippen LogP contribution in [-0.2, 0) is 29.6 Å². The van der Waals surface area contributed by atoms with Crippen LogP contribution in [0.4, 0.5) is 45.5 Å². The molecule has 9 nitrogen and oxygen atoms in total. The Bertz CT molecular complexity index is 1880. The standard InChI is InChI=1S/C30H24F9N7O2/c1-41-28-42-11-18(14-2-3-19(33)17(9-14)27(40)48)23(44-28)20(8-13-6-15(31)10-16(32)7-13)43-21(47)12-46-25-22(24(45-46)26(34)35)29(36,37)4-5-30(25,38)39/h2-3,6-7,9-11,20,26H,4-5,8,12H2,1H3,(H2,40,48)(H,43,47)(H,41,42,44)/t20-/m0/s1. The monoisotopic (exact) mass is 685 g/mol. The van der Waals surface area contributed by atoms with Gasteiger partial charge in [0.25, 0.3) is 24.2 Å². The molecular formula is C30H24F9N7O2. The van der Waals surface area contributed by atoms with E-state index in [9.17, 15) is 49.1 Å². The Morgan fingerprint density at radius 1 is 0.979 bits per heavy atom. The van der Waals surface area contributed by atoms with Crippen LogP contribution < -0.4 is 16.4 Å². The molecule has 4 aromatic rings. The number of carbonyl (C=O) groups is 2. The van der Waals surface area contributed by atoms with E-state index in [1.807, 2.05) is 0 Å². The number of alkyl halides is 6. The average molecular weight is 686 g/mol. The lowest BCUT2D eigenvalue weighted by Gasteiger charge is -2.29. The number of amides is 2. The number of benzene rings is 2. The first-order chi connectivity index (χ1) is 22.5. The van der Waals surface area contributed by atoms with Crippen LogP contribution in [0.1, 0.15) is 63.9 Å². The molecule has 254 valence electrons. The third-order valence-corrected chi connectivity index (χ3v) is 7.56. The van der Waals surface area contributed by atoms with Crippen molar-refractivity contribution in [1.29, 1.82) is 0 Å². The quantitative estimate of drug-likeness (QED) is 0.178. The van der Waals surface area contributed by atoms with Gasteiger partial charge in [-0.2, -0.15) is 13.9 Å². The van der Waals surface area contributed by atoms with E-state index in [1.54, 1.807) is 0 Å². The molecule has 1 aliphatic carbocycles. The summed E-state index contributed by atoms with van der Waals surface area (Å²) in [6.45, 7) is -1.25. The van der Waals surface area contributed by atoms with Gasteiger partial charge in [-0.3, -0.25) is 14.3 Å². The molecule has 4 N–H and O–H groups in total. The molecular weight excluding hydrogens is 661 g/mol. The van der Waals surface area contributed by atoms with Gasteiger partial charge >= 0.3 is 0 Å². The Labute approximate surface area is 265 Å². The van der Waals surface area contributed by atoms with E-state index < -0.39 is 102 Å². The fourth-order valence-electron chi connectivity index (χ4n) is 5.48. The zero-order valence-corrected chi connectivity index (χ0v) is 24.6. The molecule has 1 aliphatic rings. The summed E-state index contributed by atoms with van der Waals surface area (Å²) in [5.74, 6) is -13.5. The van der Waals surface area contributed by atoms with Crippen LogP contribution in [-0.4, -0.2) is 38.6 Å². The minimum atomic E-state index is -4.08. The molecule has 2 heterocycles. The Kier molecular flexibility index (Phi) is 9.11. The zero-order chi connectivity index (χ0) is 35.1. The van der Waals surface area contributed by atoms with Crippen LogP contribution in [0.5, 0.6) is 0 Å². The Morgan fingerprint density at radius 3 is 2.27 bits per heavy atom. The van der Waals surface area contributed by atoms with Crippen LogP contribution in [0.2, 0.25) is 0 Å². The van der Waals surface area contributed by atoms with Gasteiger partial charge in [0.1, 0.15) is 35.4 Å². The Balaban J connectivity index is 1.61. The van der Waals surface area contributed by atoms with Crippen molar-refractivity contribution in [3.05, 3.63) is 93.8 Å². The van der Waals surface area contributed by atoms with E-state index in [2.05, 4.69) is 25.7 Å². The first kappa shape index (κ1) is 34.2. The van der Waals surface area contributed by atoms with Gasteiger partial charge < -0.3 is 16.4 Å². The second-order valence-electron chi connectivity index (χ2n) is 10.9. The van der Waals surface area contributed by atoms with Crippen molar-refractivity contribution in [2.75, 3.05) is 12.4 Å². The molecule has 48 heavy (non-hydrogen) atoms. The molecule has 0 unspecified atom stereocenters. The SMILES string of the molecule is CNc1ncc(-c2ccc(F)c(C(N)=O)c2)c([C@H](Cc2cc(F)cc(F)c2)NC(=O)Cn2nc(C(F)F)c3c2C(F)(F)CCC3(F)F)n1. The van der Waals surface area contributed by atoms with Crippen LogP contribution in [0.3, 0.4) is 0 Å². The highest BCUT2D eigenvalue weighted by Crippen LogP contribution is 2.52. The van der Waals surface area contributed by atoms with Gasteiger partial charge in [-0.05, 0) is 41.8 Å². The molecule has 2 aromatic carbocycles. The Hall–Kier alpha value is -5.16. The van der Waals surface area contributed by atoms with Gasteiger partial charge in [-0.15, -0.1) is 0 Å². The summed E-state index contributed by atoms with van der Waals surface area (Å²) in [5, 5.41) is 8.34. The highest BCUT2D eigenvalue weighted by molar-refractivity contribution is 5.94. The molecule has 0 aliphatic heterocycles. The predicted octanol–water partition coefficient (Wildman–Crippen LogP) is 5.91. The van der Waals surface area contributed by atoms with E-state index in [0.29, 0.717) is 6.07 Å². The predicted molar refractivity (Wildman–Crippen MR) is 151 cm³/mol. The fourth-order valence-corrected chi connectivity index (χ4v) is 5.48.